The van der Waals surface area contributed by atoms with Crippen molar-refractivity contribution in [3.8, 4) is 0 Å². The number of nitrogens with one attached hydrogen (secondary N) is 1. The molecule has 0 aliphatic rings. The van der Waals surface area contributed by atoms with Gasteiger partial charge in [0.15, 0.2) is 0 Å². The molecule has 2 rings (SSSR count). The van der Waals surface area contributed by atoms with Gasteiger partial charge in [0, 0.05) is 10.0 Å². The van der Waals surface area contributed by atoms with Crippen molar-refractivity contribution in [3.05, 3.63) is 58.3 Å². The highest BCUT2D eigenvalue weighted by Crippen LogP contribution is 2.24. The Kier molecular flexibility index (Phi) is 3.91. The number of benzene rings is 1. The first kappa shape index (κ1) is 13.0. The van der Waals surface area contributed by atoms with Crippen LogP contribution in [0.25, 0.3) is 0 Å². The molecule has 0 bridgehead atoms. The smallest absolute Gasteiger partial charge is 0.212 e. The maximum absolute atomic E-state index is 13.7. The Bertz CT molecular complexity index is 543. The highest BCUT2D eigenvalue weighted by Gasteiger charge is 2.11. The minimum Gasteiger partial charge on any atom is -0.377 e. The van der Waals surface area contributed by atoms with Crippen molar-refractivity contribution in [3.63, 3.8) is 0 Å². The van der Waals surface area contributed by atoms with Gasteiger partial charge in [-0.3, -0.25) is 0 Å². The van der Waals surface area contributed by atoms with Crippen molar-refractivity contribution in [2.75, 3.05) is 5.32 Å². The van der Waals surface area contributed by atoms with E-state index < -0.39 is 5.95 Å². The van der Waals surface area contributed by atoms with Gasteiger partial charge in [0.2, 0.25) is 5.95 Å². The molecule has 0 spiro atoms. The summed E-state index contributed by atoms with van der Waals surface area (Å²) in [6.45, 7) is 1.83. The normalized spacial score (nSPS) is 12.2. The van der Waals surface area contributed by atoms with E-state index in [0.717, 1.165) is 4.47 Å². The summed E-state index contributed by atoms with van der Waals surface area (Å²) in [5.74, 6) is -0.824. The second kappa shape index (κ2) is 5.44. The van der Waals surface area contributed by atoms with E-state index in [-0.39, 0.29) is 11.9 Å². The molecule has 0 fully saturated rings. The van der Waals surface area contributed by atoms with Gasteiger partial charge in [-0.2, -0.15) is 4.39 Å². The molecule has 1 atom stereocenters. The van der Waals surface area contributed by atoms with Gasteiger partial charge in [0.1, 0.15) is 5.82 Å². The highest BCUT2D eigenvalue weighted by atomic mass is 79.9. The van der Waals surface area contributed by atoms with E-state index in [1.165, 1.54) is 18.3 Å². The van der Waals surface area contributed by atoms with Gasteiger partial charge in [0.05, 0.1) is 17.9 Å². The predicted octanol–water partition coefficient (Wildman–Crippen LogP) is 4.30. The number of aromatic nitrogens is 1. The summed E-state index contributed by atoms with van der Waals surface area (Å²) in [5, 5.41) is 3.06. The van der Waals surface area contributed by atoms with Gasteiger partial charge in [0.25, 0.3) is 0 Å². The molecule has 1 unspecified atom stereocenters. The third kappa shape index (κ3) is 3.04. The molecule has 0 aliphatic heterocycles. The maximum atomic E-state index is 13.7. The van der Waals surface area contributed by atoms with Gasteiger partial charge in [-0.15, -0.1) is 0 Å². The Morgan fingerprint density at radius 2 is 2.00 bits per heavy atom. The predicted molar refractivity (Wildman–Crippen MR) is 70.3 cm³/mol. The lowest BCUT2D eigenvalue weighted by atomic mass is 10.1. The molecule has 1 N–H and O–H groups in total. The van der Waals surface area contributed by atoms with Crippen LogP contribution in [0.15, 0.2) is 41.0 Å². The summed E-state index contributed by atoms with van der Waals surface area (Å²) in [5.41, 5.74) is 1.18. The molecule has 0 saturated carbocycles. The Hall–Kier alpha value is -1.49. The van der Waals surface area contributed by atoms with Crippen LogP contribution in [0.3, 0.4) is 0 Å². The van der Waals surface area contributed by atoms with Crippen LogP contribution < -0.4 is 5.32 Å². The largest absolute Gasteiger partial charge is 0.377 e. The fourth-order valence-corrected chi connectivity index (χ4v) is 2.01. The molecule has 1 aromatic carbocycles. The first-order chi connectivity index (χ1) is 8.56. The second-order valence-corrected chi connectivity index (χ2v) is 4.82. The lowest BCUT2D eigenvalue weighted by molar-refractivity contribution is 0.583. The summed E-state index contributed by atoms with van der Waals surface area (Å²) in [7, 11) is 0. The average molecular weight is 313 g/mol. The molecule has 18 heavy (non-hydrogen) atoms. The number of anilines is 1. The van der Waals surface area contributed by atoms with Crippen LogP contribution in [0.4, 0.5) is 14.5 Å². The maximum Gasteiger partial charge on any atom is 0.212 e. The lowest BCUT2D eigenvalue weighted by Crippen LogP contribution is -2.09. The monoisotopic (exact) mass is 312 g/mol. The zero-order valence-corrected chi connectivity index (χ0v) is 11.2. The minimum absolute atomic E-state index is 0.241. The van der Waals surface area contributed by atoms with E-state index in [9.17, 15) is 8.78 Å². The van der Waals surface area contributed by atoms with Gasteiger partial charge >= 0.3 is 0 Å². The van der Waals surface area contributed by atoms with Crippen LogP contribution in [-0.2, 0) is 0 Å². The first-order valence-electron chi connectivity index (χ1n) is 5.39. The summed E-state index contributed by atoms with van der Waals surface area (Å²) in [6, 6.07) is 7.34. The van der Waals surface area contributed by atoms with Gasteiger partial charge in [-0.25, -0.2) is 9.37 Å². The fraction of sp³-hybridized carbons (Fsp3) is 0.154. The molecule has 0 radical (unpaired) electrons. The van der Waals surface area contributed by atoms with Gasteiger partial charge in [-0.1, -0.05) is 15.9 Å². The highest BCUT2D eigenvalue weighted by molar-refractivity contribution is 9.10. The van der Waals surface area contributed by atoms with Crippen LogP contribution in [0.5, 0.6) is 0 Å². The number of hydrogen-bond acceptors (Lipinski definition) is 2. The van der Waals surface area contributed by atoms with Crippen LogP contribution >= 0.6 is 15.9 Å². The van der Waals surface area contributed by atoms with Crippen molar-refractivity contribution in [1.82, 2.24) is 4.98 Å². The number of nitrogens with zero attached hydrogens (tertiary/aromatic N) is 1. The van der Waals surface area contributed by atoms with E-state index in [0.29, 0.717) is 11.3 Å². The van der Waals surface area contributed by atoms with Crippen molar-refractivity contribution in [2.24, 2.45) is 0 Å². The van der Waals surface area contributed by atoms with E-state index in [2.05, 4.69) is 26.2 Å². The Balaban J connectivity index is 2.18. The lowest BCUT2D eigenvalue weighted by Gasteiger charge is -2.16. The van der Waals surface area contributed by atoms with Crippen molar-refractivity contribution < 1.29 is 8.78 Å². The van der Waals surface area contributed by atoms with Crippen molar-refractivity contribution >= 4 is 21.6 Å². The van der Waals surface area contributed by atoms with E-state index in [1.807, 2.05) is 6.92 Å². The summed E-state index contributed by atoms with van der Waals surface area (Å²) in [4.78, 5) is 3.53. The Morgan fingerprint density at radius 3 is 2.67 bits per heavy atom. The molecule has 5 heteroatoms. The third-order valence-corrected chi connectivity index (χ3v) is 3.03. The van der Waals surface area contributed by atoms with E-state index >= 15 is 0 Å². The fourth-order valence-electron chi connectivity index (χ4n) is 1.64. The molecule has 94 valence electrons. The zero-order chi connectivity index (χ0) is 13.1. The topological polar surface area (TPSA) is 24.9 Å². The van der Waals surface area contributed by atoms with Gasteiger partial charge < -0.3 is 5.32 Å². The van der Waals surface area contributed by atoms with E-state index in [4.69, 9.17) is 0 Å². The van der Waals surface area contributed by atoms with Crippen LogP contribution in [0, 0.1) is 11.8 Å². The number of halogens is 3. The molecule has 0 aliphatic carbocycles. The molecule has 2 nitrogen and oxygen atoms in total. The number of rotatable bonds is 3. The van der Waals surface area contributed by atoms with Crippen LogP contribution in [0.1, 0.15) is 18.5 Å². The molecule has 0 saturated heterocycles. The van der Waals surface area contributed by atoms with Crippen LogP contribution in [-0.4, -0.2) is 4.98 Å². The van der Waals surface area contributed by atoms with Crippen molar-refractivity contribution in [2.45, 2.75) is 13.0 Å². The second-order valence-electron chi connectivity index (χ2n) is 3.90. The minimum atomic E-state index is -0.540. The molecule has 1 aromatic heterocycles. The standard InChI is InChI=1S/C13H11BrF2N2/c1-8(11-6-9(14)2-4-12(11)15)18-10-3-5-13(16)17-7-10/h2-8,18H,1H3. The third-order valence-electron chi connectivity index (χ3n) is 2.54. The number of pyridine rings is 1. The quantitative estimate of drug-likeness (QED) is 0.855. The average Bonchev–Trinajstić information content (AvgIpc) is 2.35. The molecule has 1 heterocycles. The number of hydrogen-bond donors (Lipinski definition) is 1. The van der Waals surface area contributed by atoms with Crippen LogP contribution in [0.2, 0.25) is 0 Å². The summed E-state index contributed by atoms with van der Waals surface area (Å²) >= 11 is 3.30. The SMILES string of the molecule is CC(Nc1ccc(F)nc1)c1cc(Br)ccc1F. The molecular formula is C13H11BrF2N2. The van der Waals surface area contributed by atoms with Gasteiger partial charge in [-0.05, 0) is 37.3 Å². The van der Waals surface area contributed by atoms with Crippen molar-refractivity contribution in [1.29, 1.82) is 0 Å². The molecule has 2 aromatic rings. The summed E-state index contributed by atoms with van der Waals surface area (Å²) < 4.78 is 27.1. The first-order valence-corrected chi connectivity index (χ1v) is 6.18. The zero-order valence-electron chi connectivity index (χ0n) is 9.62. The van der Waals surface area contributed by atoms with E-state index in [1.54, 1.807) is 18.2 Å². The molecule has 0 amide bonds. The summed E-state index contributed by atoms with van der Waals surface area (Å²) in [6.07, 6.45) is 1.38. The Labute approximate surface area is 112 Å². The molecular weight excluding hydrogens is 302 g/mol. The Morgan fingerprint density at radius 1 is 1.22 bits per heavy atom.